The predicted octanol–water partition coefficient (Wildman–Crippen LogP) is 3.11. The second kappa shape index (κ2) is 24.5. The van der Waals surface area contributed by atoms with Gasteiger partial charge in [0.15, 0.2) is 12.6 Å². The fourth-order valence-corrected chi connectivity index (χ4v) is 11.7. The number of primary sulfonamides is 1. The molecule has 4 heterocycles. The second-order valence-electron chi connectivity index (χ2n) is 21.9. The number of sulfonamides is 1. The zero-order valence-electron chi connectivity index (χ0n) is 44.6. The highest BCUT2D eigenvalue weighted by Crippen LogP contribution is 2.40. The van der Waals surface area contributed by atoms with Crippen molar-refractivity contribution in [2.45, 2.75) is 209 Å². The topological polar surface area (TPSA) is 258 Å². The first-order chi connectivity index (χ1) is 33.5. The maximum Gasteiger partial charge on any atom is 0.311 e. The third-order valence-corrected chi connectivity index (χ3v) is 16.7. The monoisotopic (exact) mass is 1040 g/mol. The van der Waals surface area contributed by atoms with Crippen LogP contribution < -0.4 is 5.14 Å². The van der Waals surface area contributed by atoms with Gasteiger partial charge in [-0.2, -0.15) is 0 Å². The van der Waals surface area contributed by atoms with Crippen LogP contribution in [0.25, 0.3) is 0 Å². The van der Waals surface area contributed by atoms with E-state index in [1.807, 2.05) is 37.7 Å². The number of hydrogen-bond donors (Lipinski definition) is 6. The van der Waals surface area contributed by atoms with E-state index in [-0.39, 0.29) is 30.1 Å². The van der Waals surface area contributed by atoms with E-state index in [0.717, 1.165) is 5.56 Å². The van der Waals surface area contributed by atoms with Gasteiger partial charge in [0.1, 0.15) is 36.7 Å². The highest BCUT2D eigenvalue weighted by atomic mass is 32.2. The average Bonchev–Trinajstić information content (AvgIpc) is 3.79. The van der Waals surface area contributed by atoms with Crippen LogP contribution in [0.15, 0.2) is 41.7 Å². The number of aromatic nitrogens is 2. The summed E-state index contributed by atoms with van der Waals surface area (Å²) in [7, 11) is 1.32. The number of carbonyl (C=O) groups is 1. The molecule has 2 aromatic rings. The number of carbonyl (C=O) groups excluding carboxylic acids is 1. The van der Waals surface area contributed by atoms with Crippen molar-refractivity contribution < 1.29 is 71.6 Å². The number of rotatable bonds is 15. The molecule has 1 aromatic carbocycles. The van der Waals surface area contributed by atoms with E-state index < -0.39 is 131 Å². The largest absolute Gasteiger partial charge is 0.459 e. The van der Waals surface area contributed by atoms with Crippen molar-refractivity contribution in [1.29, 1.82) is 0 Å². The molecule has 0 unspecified atom stereocenters. The summed E-state index contributed by atoms with van der Waals surface area (Å²) in [6.45, 7) is 17.5. The van der Waals surface area contributed by atoms with E-state index >= 15 is 0 Å². The number of methoxy groups -OCH3 is 1. The first kappa shape index (κ1) is 60.1. The van der Waals surface area contributed by atoms with Crippen molar-refractivity contribution in [3.05, 3.63) is 48.0 Å². The minimum Gasteiger partial charge on any atom is -0.459 e. The van der Waals surface area contributed by atoms with Crippen LogP contribution in [-0.4, -0.2) is 191 Å². The summed E-state index contributed by atoms with van der Waals surface area (Å²) in [5.41, 5.74) is -3.18. The molecule has 0 aliphatic carbocycles. The van der Waals surface area contributed by atoms with Crippen molar-refractivity contribution >= 4 is 16.0 Å². The summed E-state index contributed by atoms with van der Waals surface area (Å²) in [5, 5.41) is 64.9. The zero-order valence-corrected chi connectivity index (χ0v) is 45.4. The molecule has 0 bridgehead atoms. The molecule has 1 aromatic heterocycles. The smallest absolute Gasteiger partial charge is 0.311 e. The molecule has 0 amide bonds. The van der Waals surface area contributed by atoms with Gasteiger partial charge in [-0.3, -0.25) is 4.79 Å². The quantitative estimate of drug-likeness (QED) is 0.140. The number of ether oxygens (including phenoxy) is 6. The molecule has 3 aliphatic rings. The average molecular weight is 1040 g/mol. The number of aliphatic hydroxyl groups excluding tert-OH is 3. The van der Waals surface area contributed by atoms with Crippen LogP contribution in [0.5, 0.6) is 0 Å². The third kappa shape index (κ3) is 14.2. The number of nitrogens with two attached hydrogens (primary N) is 1. The Morgan fingerprint density at radius 1 is 1.00 bits per heavy atom. The zero-order chi connectivity index (χ0) is 53.8. The molecule has 0 radical (unpaired) electrons. The van der Waals surface area contributed by atoms with Gasteiger partial charge in [0.25, 0.3) is 0 Å². The fourth-order valence-electron chi connectivity index (χ4n) is 11.2. The number of imidazole rings is 1. The van der Waals surface area contributed by atoms with Gasteiger partial charge in [-0.15, -0.1) is 0 Å². The Labute approximate surface area is 426 Å². The van der Waals surface area contributed by atoms with Crippen LogP contribution in [0, 0.1) is 17.8 Å². The summed E-state index contributed by atoms with van der Waals surface area (Å²) in [5.74, 6) is -2.90. The minimum absolute atomic E-state index is 0.0273. The van der Waals surface area contributed by atoms with Crippen LogP contribution in [0.1, 0.15) is 112 Å². The molecule has 0 spiro atoms. The van der Waals surface area contributed by atoms with Gasteiger partial charge in [-0.1, -0.05) is 32.9 Å². The van der Waals surface area contributed by atoms with Gasteiger partial charge in [-0.05, 0) is 112 Å². The van der Waals surface area contributed by atoms with Crippen molar-refractivity contribution in [2.75, 3.05) is 41.0 Å². The maximum absolute atomic E-state index is 14.5. The minimum atomic E-state index is -3.86. The molecule has 7 N–H and O–H groups in total. The molecule has 0 saturated carbocycles. The summed E-state index contributed by atoms with van der Waals surface area (Å²) in [6, 6.07) is 4.34. The van der Waals surface area contributed by atoms with Crippen LogP contribution in [0.2, 0.25) is 0 Å². The number of aliphatic hydroxyl groups is 5. The highest BCUT2D eigenvalue weighted by Gasteiger charge is 2.53. The lowest BCUT2D eigenvalue weighted by Gasteiger charge is -2.49. The predicted molar refractivity (Wildman–Crippen MR) is 266 cm³/mol. The van der Waals surface area contributed by atoms with E-state index in [9.17, 15) is 43.1 Å². The second-order valence-corrected chi connectivity index (χ2v) is 23.5. The number of nitrogens with zero attached hydrogens (tertiary/aromatic N) is 4. The van der Waals surface area contributed by atoms with E-state index in [1.165, 1.54) is 26.2 Å². The van der Waals surface area contributed by atoms with Crippen molar-refractivity contribution in [3.8, 4) is 0 Å². The Hall–Kier alpha value is -2.74. The van der Waals surface area contributed by atoms with E-state index in [2.05, 4.69) is 4.98 Å². The summed E-state index contributed by atoms with van der Waals surface area (Å²) < 4.78 is 77.7. The first-order valence-electron chi connectivity index (χ1n) is 25.4. The Bertz CT molecular complexity index is 2150. The SMILES string of the molecule is CC[C@H]1OC(=O)[C@H](C)[C@@H](O[C@H]2C[C@@](C)(OC)[C@@H](O)[C@H](C)O2)[C@H](C)[C@@H](O[C@@H]2O[C@H](C)C[C@H](N(C)CCc3cn([C@H](CF)Cc4ccc(S(N)(=O)=O)cc4)cn3)[C@H]2O)[C@](C)(O)C[C@@H](C)CN(C)[C@H](C)[C@@H](O)[C@]1(C)O. The lowest BCUT2D eigenvalue weighted by molar-refractivity contribution is -0.318. The molecular weight excluding hydrogens is 958 g/mol. The van der Waals surface area contributed by atoms with Crippen LogP contribution in [0.3, 0.4) is 0 Å². The van der Waals surface area contributed by atoms with Crippen molar-refractivity contribution in [3.63, 3.8) is 0 Å². The Kier molecular flexibility index (Phi) is 20.5. The van der Waals surface area contributed by atoms with Crippen LogP contribution >= 0.6 is 0 Å². The lowest BCUT2D eigenvalue weighted by atomic mass is 9.77. The Morgan fingerprint density at radius 2 is 1.65 bits per heavy atom. The number of cyclic esters (lactones) is 1. The molecule has 19 nitrogen and oxygen atoms in total. The fraction of sp³-hybridized carbons (Fsp3) is 0.804. The molecule has 412 valence electrons. The van der Waals surface area contributed by atoms with Gasteiger partial charge in [0.05, 0.1) is 64.5 Å². The number of halogens is 1. The molecule has 3 aliphatic heterocycles. The number of likely N-dealkylation sites (N-methyl/N-ethyl adjacent to an activating group) is 2. The van der Waals surface area contributed by atoms with E-state index in [4.69, 9.17) is 33.6 Å². The van der Waals surface area contributed by atoms with Gasteiger partial charge >= 0.3 is 5.97 Å². The summed E-state index contributed by atoms with van der Waals surface area (Å²) >= 11 is 0. The molecule has 21 heteroatoms. The van der Waals surface area contributed by atoms with Crippen molar-refractivity contribution in [2.24, 2.45) is 22.9 Å². The first-order valence-corrected chi connectivity index (χ1v) is 27.0. The molecule has 72 heavy (non-hydrogen) atoms. The maximum atomic E-state index is 14.5. The standard InChI is InChI=1S/C51H86FN5O14S/c1-14-40-51(10,63)44(59)33(6)56(12)26-29(2)23-49(8,62)46(31(4)43(32(5)47(61)69-40)70-41-24-50(9,66-13)45(60)34(7)68-41)71-48-42(58)39(21-30(3)67-48)55(11)20-19-36-27-57(28-54-36)37(25-52)22-35-15-17-38(18-16-35)72(53,64)65/h15-18,27-34,37,39-46,48,58-60,62-63H,14,19-26H2,1-13H3,(H2,53,64,65)/t29-,30-,31+,32-,33-,34+,37+,39+,40-,41+,42-,43+,44-,45+,46-,48+,49-,50-,51-/m1/s1. The van der Waals surface area contributed by atoms with Gasteiger partial charge in [0.2, 0.25) is 10.0 Å². The van der Waals surface area contributed by atoms with Gasteiger partial charge in [0, 0.05) is 57.2 Å². The number of esters is 1. The molecule has 19 atom stereocenters. The van der Waals surface area contributed by atoms with Crippen LogP contribution in [-0.2, 0) is 56.1 Å². The molecule has 3 fully saturated rings. The third-order valence-electron chi connectivity index (χ3n) is 15.8. The number of hydrogen-bond acceptors (Lipinski definition) is 17. The van der Waals surface area contributed by atoms with Crippen molar-refractivity contribution in [1.82, 2.24) is 19.4 Å². The van der Waals surface area contributed by atoms with Gasteiger partial charge < -0.3 is 68.3 Å². The summed E-state index contributed by atoms with van der Waals surface area (Å²) in [4.78, 5) is 22.9. The Balaban J connectivity index is 1.43. The Morgan fingerprint density at radius 3 is 2.25 bits per heavy atom. The van der Waals surface area contributed by atoms with E-state index in [1.54, 1.807) is 77.7 Å². The number of benzene rings is 1. The number of alkyl halides is 1. The molecular formula is C51H86FN5O14S. The molecule has 3 saturated heterocycles. The van der Waals surface area contributed by atoms with Gasteiger partial charge in [-0.25, -0.2) is 22.9 Å². The highest BCUT2D eigenvalue weighted by molar-refractivity contribution is 7.89. The van der Waals surface area contributed by atoms with Crippen LogP contribution in [0.4, 0.5) is 4.39 Å². The normalized spacial score (nSPS) is 39.8. The van der Waals surface area contributed by atoms with E-state index in [0.29, 0.717) is 38.0 Å². The molecule has 5 rings (SSSR count). The summed E-state index contributed by atoms with van der Waals surface area (Å²) in [6.07, 6.45) is -5.43. The lowest BCUT2D eigenvalue weighted by Crippen LogP contribution is -2.61.